The van der Waals surface area contributed by atoms with Crippen molar-refractivity contribution >= 4 is 21.6 Å². The van der Waals surface area contributed by atoms with Gasteiger partial charge in [-0.3, -0.25) is 4.99 Å². The fraction of sp³-hybridized carbons (Fsp3) is 0.485. The molecule has 1 unspecified atom stereocenters. The van der Waals surface area contributed by atoms with Gasteiger partial charge in [-0.1, -0.05) is 126 Å². The van der Waals surface area contributed by atoms with E-state index < -0.39 is 10.1 Å². The van der Waals surface area contributed by atoms with Gasteiger partial charge in [0.25, 0.3) is 0 Å². The predicted octanol–water partition coefficient (Wildman–Crippen LogP) is 9.35. The highest BCUT2D eigenvalue weighted by molar-refractivity contribution is 7.87. The smallest absolute Gasteiger partial charge is 0.339 e. The monoisotopic (exact) mass is 533 g/mol. The summed E-state index contributed by atoms with van der Waals surface area (Å²) in [4.78, 5) is 5.03. The van der Waals surface area contributed by atoms with Gasteiger partial charge in [0.05, 0.1) is 5.71 Å². The van der Waals surface area contributed by atoms with Crippen molar-refractivity contribution in [2.75, 3.05) is 0 Å². The van der Waals surface area contributed by atoms with Crippen molar-refractivity contribution in [2.45, 2.75) is 108 Å². The first-order valence-electron chi connectivity index (χ1n) is 14.7. The molecule has 38 heavy (non-hydrogen) atoms. The van der Waals surface area contributed by atoms with Crippen LogP contribution in [0.25, 0.3) is 5.76 Å². The van der Waals surface area contributed by atoms with E-state index >= 15 is 0 Å². The highest BCUT2D eigenvalue weighted by atomic mass is 32.2. The molecule has 0 fully saturated rings. The zero-order valence-corrected chi connectivity index (χ0v) is 23.7. The molecule has 5 heteroatoms. The van der Waals surface area contributed by atoms with Crippen LogP contribution < -0.4 is 0 Å². The van der Waals surface area contributed by atoms with Gasteiger partial charge < -0.3 is 4.18 Å². The van der Waals surface area contributed by atoms with Crippen molar-refractivity contribution in [3.05, 3.63) is 83.6 Å². The summed E-state index contributed by atoms with van der Waals surface area (Å²) in [5, 5.41) is 0. The summed E-state index contributed by atoms with van der Waals surface area (Å²) in [6, 6.07) is 16.2. The molecule has 2 aromatic carbocycles. The van der Waals surface area contributed by atoms with Crippen LogP contribution in [-0.4, -0.2) is 14.1 Å². The predicted molar refractivity (Wildman–Crippen MR) is 158 cm³/mol. The average molecular weight is 534 g/mol. The number of fused-ring (bicyclic) bond motifs is 3. The molecule has 0 bridgehead atoms. The van der Waals surface area contributed by atoms with E-state index in [4.69, 9.17) is 9.18 Å². The zero-order valence-electron chi connectivity index (χ0n) is 22.9. The summed E-state index contributed by atoms with van der Waals surface area (Å²) >= 11 is 0. The van der Waals surface area contributed by atoms with Crippen LogP contribution in [0.4, 0.5) is 0 Å². The summed E-state index contributed by atoms with van der Waals surface area (Å²) in [6.07, 6.45) is 22.5. The lowest BCUT2D eigenvalue weighted by atomic mass is 9.85. The molecular weight excluding hydrogens is 490 g/mol. The third-order valence-corrected chi connectivity index (χ3v) is 8.81. The fourth-order valence-corrected chi connectivity index (χ4v) is 6.37. The molecule has 1 atom stereocenters. The molecule has 4 rings (SSSR count). The second-order valence-corrected chi connectivity index (χ2v) is 12.2. The van der Waals surface area contributed by atoms with Gasteiger partial charge in [0, 0.05) is 23.3 Å². The van der Waals surface area contributed by atoms with Gasteiger partial charge in [0.2, 0.25) is 0 Å². The summed E-state index contributed by atoms with van der Waals surface area (Å²) in [6.45, 7) is 2.27. The molecule has 0 N–H and O–H groups in total. The average Bonchev–Trinajstić information content (AvgIpc) is 3.35. The van der Waals surface area contributed by atoms with Crippen molar-refractivity contribution in [1.29, 1.82) is 0 Å². The highest BCUT2D eigenvalue weighted by Gasteiger charge is 2.31. The summed E-state index contributed by atoms with van der Waals surface area (Å²) in [5.74, 6) is 0.407. The van der Waals surface area contributed by atoms with Gasteiger partial charge >= 0.3 is 10.1 Å². The summed E-state index contributed by atoms with van der Waals surface area (Å²) in [5.41, 5.74) is 3.83. The van der Waals surface area contributed by atoms with Crippen molar-refractivity contribution in [1.82, 2.24) is 0 Å². The number of rotatable bonds is 17. The van der Waals surface area contributed by atoms with E-state index in [0.29, 0.717) is 5.76 Å². The molecular formula is C33H43NO3S. The van der Waals surface area contributed by atoms with Gasteiger partial charge in [0.1, 0.15) is 4.90 Å². The Morgan fingerprint density at radius 1 is 0.737 bits per heavy atom. The first-order chi connectivity index (χ1) is 18.6. The van der Waals surface area contributed by atoms with E-state index in [2.05, 4.69) is 13.0 Å². The molecule has 0 saturated heterocycles. The largest absolute Gasteiger partial charge is 0.378 e. The lowest BCUT2D eigenvalue weighted by Gasteiger charge is -2.22. The van der Waals surface area contributed by atoms with Gasteiger partial charge in [-0.05, 0) is 36.6 Å². The number of nitrogens with zero attached hydrogens (tertiary/aromatic N) is 1. The molecule has 0 aromatic heterocycles. The number of unbranched alkanes of at least 4 members (excludes halogenated alkanes) is 12. The van der Waals surface area contributed by atoms with Crippen molar-refractivity contribution in [2.24, 2.45) is 4.99 Å². The third kappa shape index (κ3) is 7.92. The molecule has 1 heterocycles. The molecule has 0 amide bonds. The van der Waals surface area contributed by atoms with E-state index in [9.17, 15) is 8.42 Å². The number of hydrogen-bond donors (Lipinski definition) is 0. The van der Waals surface area contributed by atoms with Crippen LogP contribution in [0, 0.1) is 0 Å². The maximum Gasteiger partial charge on any atom is 0.339 e. The fourth-order valence-electron chi connectivity index (χ4n) is 5.41. The first kappa shape index (κ1) is 28.4. The second kappa shape index (κ2) is 14.5. The minimum Gasteiger partial charge on any atom is -0.378 e. The Hall–Kier alpha value is -2.66. The van der Waals surface area contributed by atoms with Crippen LogP contribution >= 0.6 is 0 Å². The van der Waals surface area contributed by atoms with Crippen LogP contribution in [0.1, 0.15) is 114 Å². The molecule has 2 aromatic rings. The minimum absolute atomic E-state index is 0.0648. The topological polar surface area (TPSA) is 55.7 Å². The highest BCUT2D eigenvalue weighted by Crippen LogP contribution is 2.40. The standard InChI is InChI=1S/C33H43NO3S/c1-2-3-4-5-6-7-8-9-10-11-12-13-15-20-27-25-31-29-23-18-19-24-30(29)33(26-32(31)34-27)37-38(35,36)28-21-16-14-17-22-28/h14,16-19,21-26,31H,2-13,15,20H2,1H3. The Morgan fingerprint density at radius 2 is 1.32 bits per heavy atom. The normalized spacial score (nSPS) is 16.3. The van der Waals surface area contributed by atoms with Gasteiger partial charge in [-0.2, -0.15) is 8.42 Å². The van der Waals surface area contributed by atoms with E-state index in [1.54, 1.807) is 36.4 Å². The van der Waals surface area contributed by atoms with E-state index in [1.807, 2.05) is 24.3 Å². The lowest BCUT2D eigenvalue weighted by Crippen LogP contribution is -2.16. The van der Waals surface area contributed by atoms with Crippen LogP contribution in [-0.2, 0) is 14.3 Å². The lowest BCUT2D eigenvalue weighted by molar-refractivity contribution is 0.463. The molecule has 0 spiro atoms. The maximum atomic E-state index is 12.9. The van der Waals surface area contributed by atoms with E-state index in [-0.39, 0.29) is 10.8 Å². The minimum atomic E-state index is -3.92. The Bertz CT molecular complexity index is 1230. The van der Waals surface area contributed by atoms with E-state index in [1.165, 1.54) is 77.0 Å². The van der Waals surface area contributed by atoms with Crippen molar-refractivity contribution in [3.63, 3.8) is 0 Å². The number of benzene rings is 2. The quantitative estimate of drug-likeness (QED) is 0.150. The number of allylic oxidation sites excluding steroid dienone is 3. The maximum absolute atomic E-state index is 12.9. The molecule has 0 radical (unpaired) electrons. The Morgan fingerprint density at radius 3 is 1.97 bits per heavy atom. The molecule has 2 aliphatic rings. The summed E-state index contributed by atoms with van der Waals surface area (Å²) < 4.78 is 31.4. The van der Waals surface area contributed by atoms with Crippen LogP contribution in [0.5, 0.6) is 0 Å². The Kier molecular flexibility index (Phi) is 10.8. The molecule has 0 saturated carbocycles. The molecule has 204 valence electrons. The van der Waals surface area contributed by atoms with Crippen LogP contribution in [0.15, 0.2) is 82.3 Å². The SMILES string of the molecule is CCCCCCCCCCCCCCCC1=CC2C(=N1)C=C(OS(=O)(=O)c1ccccc1)c1ccccc12. The molecule has 4 nitrogen and oxygen atoms in total. The third-order valence-electron chi connectivity index (χ3n) is 7.56. The van der Waals surface area contributed by atoms with Gasteiger partial charge in [-0.15, -0.1) is 0 Å². The van der Waals surface area contributed by atoms with Crippen LogP contribution in [0.3, 0.4) is 0 Å². The van der Waals surface area contributed by atoms with Crippen molar-refractivity contribution < 1.29 is 12.6 Å². The number of aliphatic imine (C=N–C) groups is 1. The Labute approximate surface area is 230 Å². The molecule has 1 aliphatic carbocycles. The number of hydrogen-bond acceptors (Lipinski definition) is 4. The second-order valence-electron chi connectivity index (χ2n) is 10.6. The Balaban J connectivity index is 1.24. The van der Waals surface area contributed by atoms with Crippen molar-refractivity contribution in [3.8, 4) is 0 Å². The molecule has 1 aliphatic heterocycles. The van der Waals surface area contributed by atoms with Crippen LogP contribution in [0.2, 0.25) is 0 Å². The summed E-state index contributed by atoms with van der Waals surface area (Å²) in [7, 11) is -3.92. The van der Waals surface area contributed by atoms with E-state index in [0.717, 1.165) is 35.4 Å². The van der Waals surface area contributed by atoms with Gasteiger partial charge in [0.15, 0.2) is 5.76 Å². The van der Waals surface area contributed by atoms with Gasteiger partial charge in [-0.25, -0.2) is 0 Å². The zero-order chi connectivity index (χ0) is 26.6. The first-order valence-corrected chi connectivity index (χ1v) is 16.1.